The zero-order valence-electron chi connectivity index (χ0n) is 9.86. The monoisotopic (exact) mass is 312 g/mol. The Morgan fingerprint density at radius 2 is 1.58 bits per heavy atom. The lowest BCUT2D eigenvalue weighted by molar-refractivity contribution is 1.03. The Balaban J connectivity index is 2.03. The molecule has 3 rings (SSSR count). The molecular weight excluding hydrogens is 304 g/mol. The molecule has 0 saturated heterocycles. The van der Waals surface area contributed by atoms with Crippen molar-refractivity contribution in [1.29, 1.82) is 0 Å². The molecule has 19 heavy (non-hydrogen) atoms. The fourth-order valence-corrected chi connectivity index (χ4v) is 1.92. The van der Waals surface area contributed by atoms with Crippen molar-refractivity contribution in [3.05, 3.63) is 59.3 Å². The number of nitrogens with zero attached hydrogens (tertiary/aromatic N) is 4. The molecule has 0 atom stereocenters. The standard InChI is InChI=1S/C14H9BrN4/c15-10-6-7-11(16-9-10)12-3-1-4-13(18-12)14-5-2-8-17-19-14/h1-9H. The fourth-order valence-electron chi connectivity index (χ4n) is 1.69. The maximum atomic E-state index is 4.56. The van der Waals surface area contributed by atoms with Crippen molar-refractivity contribution in [2.24, 2.45) is 0 Å². The minimum Gasteiger partial charge on any atom is -0.253 e. The third-order valence-electron chi connectivity index (χ3n) is 2.57. The summed E-state index contributed by atoms with van der Waals surface area (Å²) in [5.41, 5.74) is 3.18. The highest BCUT2D eigenvalue weighted by Gasteiger charge is 2.05. The van der Waals surface area contributed by atoms with Gasteiger partial charge >= 0.3 is 0 Å². The van der Waals surface area contributed by atoms with Gasteiger partial charge in [0.15, 0.2) is 0 Å². The van der Waals surface area contributed by atoms with Crippen molar-refractivity contribution in [2.45, 2.75) is 0 Å². The zero-order valence-corrected chi connectivity index (χ0v) is 11.4. The van der Waals surface area contributed by atoms with E-state index in [4.69, 9.17) is 0 Å². The summed E-state index contributed by atoms with van der Waals surface area (Å²) in [5, 5.41) is 7.92. The number of aromatic nitrogens is 4. The van der Waals surface area contributed by atoms with Crippen molar-refractivity contribution in [2.75, 3.05) is 0 Å². The molecule has 0 saturated carbocycles. The van der Waals surface area contributed by atoms with Gasteiger partial charge in [0.25, 0.3) is 0 Å². The summed E-state index contributed by atoms with van der Waals surface area (Å²) < 4.78 is 0.946. The van der Waals surface area contributed by atoms with Crippen molar-refractivity contribution >= 4 is 15.9 Å². The summed E-state index contributed by atoms with van der Waals surface area (Å²) in [6, 6.07) is 13.4. The number of pyridine rings is 2. The molecule has 0 amide bonds. The zero-order chi connectivity index (χ0) is 13.1. The minimum atomic E-state index is 0.751. The van der Waals surface area contributed by atoms with E-state index in [2.05, 4.69) is 36.1 Å². The number of rotatable bonds is 2. The predicted molar refractivity (Wildman–Crippen MR) is 76.2 cm³/mol. The Hall–Kier alpha value is -2.14. The molecule has 0 aromatic carbocycles. The quantitative estimate of drug-likeness (QED) is 0.728. The van der Waals surface area contributed by atoms with Gasteiger partial charge in [-0.1, -0.05) is 6.07 Å². The van der Waals surface area contributed by atoms with E-state index < -0.39 is 0 Å². The van der Waals surface area contributed by atoms with Crippen molar-refractivity contribution in [3.8, 4) is 22.8 Å². The molecule has 0 bridgehead atoms. The summed E-state index contributed by atoms with van der Waals surface area (Å²) in [7, 11) is 0. The van der Waals surface area contributed by atoms with Gasteiger partial charge in [0.2, 0.25) is 0 Å². The van der Waals surface area contributed by atoms with Gasteiger partial charge in [-0.05, 0) is 52.3 Å². The Morgan fingerprint density at radius 3 is 2.26 bits per heavy atom. The van der Waals surface area contributed by atoms with Gasteiger partial charge in [-0.3, -0.25) is 4.98 Å². The second-order valence-electron chi connectivity index (χ2n) is 3.88. The first-order chi connectivity index (χ1) is 9.33. The molecule has 0 unspecified atom stereocenters. The van der Waals surface area contributed by atoms with Crippen LogP contribution in [0.15, 0.2) is 59.3 Å². The number of halogens is 1. The lowest BCUT2D eigenvalue weighted by Crippen LogP contribution is -1.92. The topological polar surface area (TPSA) is 51.6 Å². The van der Waals surface area contributed by atoms with E-state index in [0.717, 1.165) is 27.2 Å². The normalized spacial score (nSPS) is 10.4. The lowest BCUT2D eigenvalue weighted by atomic mass is 10.2. The molecule has 3 heterocycles. The van der Waals surface area contributed by atoms with Crippen LogP contribution in [0.2, 0.25) is 0 Å². The molecule has 0 fully saturated rings. The smallest absolute Gasteiger partial charge is 0.111 e. The molecule has 3 aromatic rings. The molecule has 4 nitrogen and oxygen atoms in total. The number of hydrogen-bond donors (Lipinski definition) is 0. The van der Waals surface area contributed by atoms with Gasteiger partial charge in [-0.15, -0.1) is 5.10 Å². The maximum absolute atomic E-state index is 4.56. The third kappa shape index (κ3) is 2.66. The van der Waals surface area contributed by atoms with Gasteiger partial charge in [-0.2, -0.15) is 5.10 Å². The molecule has 0 aliphatic rings. The van der Waals surface area contributed by atoms with Crippen LogP contribution in [0.1, 0.15) is 0 Å². The average Bonchev–Trinajstić information content (AvgIpc) is 2.49. The second kappa shape index (κ2) is 5.24. The highest BCUT2D eigenvalue weighted by Crippen LogP contribution is 2.20. The van der Waals surface area contributed by atoms with Crippen LogP contribution in [0.5, 0.6) is 0 Å². The van der Waals surface area contributed by atoms with E-state index in [1.807, 2.05) is 42.5 Å². The molecule has 0 radical (unpaired) electrons. The first-order valence-electron chi connectivity index (χ1n) is 5.70. The van der Waals surface area contributed by atoms with Crippen LogP contribution in [0, 0.1) is 0 Å². The van der Waals surface area contributed by atoms with Crippen molar-refractivity contribution in [3.63, 3.8) is 0 Å². The van der Waals surface area contributed by atoms with Gasteiger partial charge in [0, 0.05) is 16.9 Å². The predicted octanol–water partition coefficient (Wildman–Crippen LogP) is 3.36. The highest BCUT2D eigenvalue weighted by molar-refractivity contribution is 9.10. The van der Waals surface area contributed by atoms with Gasteiger partial charge in [0.05, 0.1) is 17.1 Å². The second-order valence-corrected chi connectivity index (χ2v) is 4.79. The molecule has 0 aliphatic carbocycles. The molecule has 0 N–H and O–H groups in total. The minimum absolute atomic E-state index is 0.751. The maximum Gasteiger partial charge on any atom is 0.111 e. The van der Waals surface area contributed by atoms with Crippen LogP contribution in [-0.2, 0) is 0 Å². The van der Waals surface area contributed by atoms with Crippen molar-refractivity contribution in [1.82, 2.24) is 20.2 Å². The van der Waals surface area contributed by atoms with Gasteiger partial charge in [-0.25, -0.2) is 4.98 Å². The lowest BCUT2D eigenvalue weighted by Gasteiger charge is -2.03. The van der Waals surface area contributed by atoms with E-state index >= 15 is 0 Å². The average molecular weight is 313 g/mol. The summed E-state index contributed by atoms with van der Waals surface area (Å²) in [6.45, 7) is 0. The summed E-state index contributed by atoms with van der Waals surface area (Å²) in [6.07, 6.45) is 3.40. The van der Waals surface area contributed by atoms with E-state index in [1.54, 1.807) is 12.4 Å². The van der Waals surface area contributed by atoms with Gasteiger partial charge < -0.3 is 0 Å². The first-order valence-corrected chi connectivity index (χ1v) is 6.49. The summed E-state index contributed by atoms with van der Waals surface area (Å²) in [4.78, 5) is 8.90. The number of hydrogen-bond acceptors (Lipinski definition) is 4. The fraction of sp³-hybridized carbons (Fsp3) is 0. The van der Waals surface area contributed by atoms with E-state index in [1.165, 1.54) is 0 Å². The van der Waals surface area contributed by atoms with Gasteiger partial charge in [0.1, 0.15) is 5.69 Å². The Morgan fingerprint density at radius 1 is 0.789 bits per heavy atom. The first kappa shape index (κ1) is 11.9. The van der Waals surface area contributed by atoms with Crippen LogP contribution in [-0.4, -0.2) is 20.2 Å². The molecule has 3 aromatic heterocycles. The van der Waals surface area contributed by atoms with E-state index in [-0.39, 0.29) is 0 Å². The Labute approximate surface area is 118 Å². The van der Waals surface area contributed by atoms with E-state index in [9.17, 15) is 0 Å². The summed E-state index contributed by atoms with van der Waals surface area (Å²) in [5.74, 6) is 0. The van der Waals surface area contributed by atoms with Crippen LogP contribution in [0.3, 0.4) is 0 Å². The molecule has 0 spiro atoms. The third-order valence-corrected chi connectivity index (χ3v) is 3.04. The highest BCUT2D eigenvalue weighted by atomic mass is 79.9. The molecule has 5 heteroatoms. The van der Waals surface area contributed by atoms with Crippen LogP contribution in [0.4, 0.5) is 0 Å². The van der Waals surface area contributed by atoms with Crippen LogP contribution >= 0.6 is 15.9 Å². The van der Waals surface area contributed by atoms with Crippen molar-refractivity contribution < 1.29 is 0 Å². The largest absolute Gasteiger partial charge is 0.253 e. The SMILES string of the molecule is Brc1ccc(-c2cccc(-c3cccnn3)n2)nc1. The van der Waals surface area contributed by atoms with Crippen LogP contribution in [0.25, 0.3) is 22.8 Å². The molecular formula is C14H9BrN4. The Bertz CT molecular complexity index is 683. The van der Waals surface area contributed by atoms with Crippen LogP contribution < -0.4 is 0 Å². The molecule has 92 valence electrons. The Kier molecular flexibility index (Phi) is 3.29. The molecule has 0 aliphatic heterocycles. The summed E-state index contributed by atoms with van der Waals surface area (Å²) >= 11 is 3.37. The van der Waals surface area contributed by atoms with E-state index in [0.29, 0.717) is 0 Å².